The Morgan fingerprint density at radius 1 is 1.00 bits per heavy atom. The summed E-state index contributed by atoms with van der Waals surface area (Å²) in [6.45, 7) is 1.64. The Labute approximate surface area is 194 Å². The van der Waals surface area contributed by atoms with E-state index in [4.69, 9.17) is 11.6 Å². The van der Waals surface area contributed by atoms with Crippen molar-refractivity contribution < 1.29 is 12.8 Å². The maximum absolute atomic E-state index is 13.4. The van der Waals surface area contributed by atoms with Crippen LogP contribution in [0.5, 0.6) is 0 Å². The Kier molecular flexibility index (Phi) is 5.58. The van der Waals surface area contributed by atoms with Gasteiger partial charge in [-0.15, -0.1) is 11.3 Å². The van der Waals surface area contributed by atoms with Crippen molar-refractivity contribution in [2.75, 3.05) is 31.1 Å². The Hall–Kier alpha value is -2.59. The normalized spacial score (nSPS) is 15.4. The average Bonchev–Trinajstić information content (AvgIpc) is 3.24. The molecule has 3 heterocycles. The molecule has 0 spiro atoms. The van der Waals surface area contributed by atoms with Crippen LogP contribution >= 0.6 is 22.9 Å². The summed E-state index contributed by atoms with van der Waals surface area (Å²) in [5.41, 5.74) is 1.82. The van der Waals surface area contributed by atoms with Gasteiger partial charge in [0.2, 0.25) is 10.0 Å². The highest BCUT2D eigenvalue weighted by Crippen LogP contribution is 2.38. The fourth-order valence-electron chi connectivity index (χ4n) is 3.86. The zero-order valence-corrected chi connectivity index (χ0v) is 19.2. The number of fused-ring (bicyclic) bond motifs is 1. The van der Waals surface area contributed by atoms with E-state index in [2.05, 4.69) is 14.9 Å². The third-order valence-corrected chi connectivity index (χ3v) is 8.49. The van der Waals surface area contributed by atoms with Crippen molar-refractivity contribution in [3.8, 4) is 11.1 Å². The van der Waals surface area contributed by atoms with Gasteiger partial charge in [-0.05, 0) is 35.9 Å². The number of piperazine rings is 1. The van der Waals surface area contributed by atoms with Crippen LogP contribution in [0.15, 0.2) is 65.1 Å². The molecule has 32 heavy (non-hydrogen) atoms. The summed E-state index contributed by atoms with van der Waals surface area (Å²) in [6.07, 6.45) is 1.53. The predicted octanol–water partition coefficient (Wildman–Crippen LogP) is 4.66. The highest BCUT2D eigenvalue weighted by molar-refractivity contribution is 7.89. The number of nitrogens with zero attached hydrogens (tertiary/aromatic N) is 4. The van der Waals surface area contributed by atoms with E-state index in [9.17, 15) is 12.8 Å². The van der Waals surface area contributed by atoms with Gasteiger partial charge < -0.3 is 4.90 Å². The van der Waals surface area contributed by atoms with Gasteiger partial charge in [-0.2, -0.15) is 4.31 Å². The highest BCUT2D eigenvalue weighted by Gasteiger charge is 2.30. The van der Waals surface area contributed by atoms with Gasteiger partial charge in [0.15, 0.2) is 0 Å². The lowest BCUT2D eigenvalue weighted by Gasteiger charge is -2.35. The topological polar surface area (TPSA) is 66.4 Å². The summed E-state index contributed by atoms with van der Waals surface area (Å²) in [6, 6.07) is 12.7. The maximum Gasteiger partial charge on any atom is 0.243 e. The van der Waals surface area contributed by atoms with Crippen LogP contribution in [0.3, 0.4) is 0 Å². The van der Waals surface area contributed by atoms with Gasteiger partial charge >= 0.3 is 0 Å². The number of thiophene rings is 1. The van der Waals surface area contributed by atoms with Crippen molar-refractivity contribution in [2.24, 2.45) is 0 Å². The summed E-state index contributed by atoms with van der Waals surface area (Å²) in [5.74, 6) is 0.470. The van der Waals surface area contributed by atoms with E-state index in [0.717, 1.165) is 27.2 Å². The van der Waals surface area contributed by atoms with Crippen LogP contribution in [0.1, 0.15) is 0 Å². The molecule has 0 amide bonds. The van der Waals surface area contributed by atoms with Crippen molar-refractivity contribution >= 4 is 49.0 Å². The second-order valence-corrected chi connectivity index (χ2v) is 10.6. The molecule has 1 saturated heterocycles. The second-order valence-electron chi connectivity index (χ2n) is 7.38. The Morgan fingerprint density at radius 3 is 2.47 bits per heavy atom. The molecule has 0 saturated carbocycles. The summed E-state index contributed by atoms with van der Waals surface area (Å²) in [5, 5.41) is 3.28. The van der Waals surface area contributed by atoms with E-state index in [0.29, 0.717) is 31.2 Å². The number of sulfonamides is 1. The van der Waals surface area contributed by atoms with Crippen LogP contribution in [0.4, 0.5) is 10.2 Å². The molecule has 0 N–H and O–H groups in total. The SMILES string of the molecule is O=S(=O)(c1cccc(Cl)c1)N1CCN(c2ncnc3scc(-c4ccc(F)cc4)c23)CC1. The van der Waals surface area contributed by atoms with Crippen LogP contribution in [-0.2, 0) is 10.0 Å². The number of halogens is 2. The number of hydrogen-bond donors (Lipinski definition) is 0. The van der Waals surface area contributed by atoms with Crippen molar-refractivity contribution in [3.05, 3.63) is 71.1 Å². The number of rotatable bonds is 4. The van der Waals surface area contributed by atoms with E-state index in [-0.39, 0.29) is 10.7 Å². The third-order valence-electron chi connectivity index (χ3n) is 5.48. The third kappa shape index (κ3) is 3.86. The molecule has 1 aliphatic rings. The maximum atomic E-state index is 13.4. The minimum Gasteiger partial charge on any atom is -0.353 e. The fourth-order valence-corrected chi connectivity index (χ4v) is 6.49. The summed E-state index contributed by atoms with van der Waals surface area (Å²) >= 11 is 7.49. The van der Waals surface area contributed by atoms with Crippen molar-refractivity contribution in [3.63, 3.8) is 0 Å². The molecule has 6 nitrogen and oxygen atoms in total. The highest BCUT2D eigenvalue weighted by atomic mass is 35.5. The average molecular weight is 489 g/mol. The van der Waals surface area contributed by atoms with Crippen molar-refractivity contribution in [1.82, 2.24) is 14.3 Å². The Balaban J connectivity index is 1.43. The first-order valence-corrected chi connectivity index (χ1v) is 12.6. The molecule has 164 valence electrons. The van der Waals surface area contributed by atoms with E-state index < -0.39 is 10.0 Å². The van der Waals surface area contributed by atoms with Gasteiger partial charge in [-0.1, -0.05) is 29.8 Å². The van der Waals surface area contributed by atoms with Crippen LogP contribution < -0.4 is 4.90 Å². The zero-order chi connectivity index (χ0) is 22.3. The fraction of sp³-hybridized carbons (Fsp3) is 0.182. The minimum absolute atomic E-state index is 0.194. The van der Waals surface area contributed by atoms with Gasteiger partial charge in [-0.25, -0.2) is 22.8 Å². The Morgan fingerprint density at radius 2 is 1.75 bits per heavy atom. The van der Waals surface area contributed by atoms with E-state index >= 15 is 0 Å². The van der Waals surface area contributed by atoms with Gasteiger partial charge in [0.25, 0.3) is 0 Å². The smallest absolute Gasteiger partial charge is 0.243 e. The molecule has 2 aromatic carbocycles. The number of aromatic nitrogens is 2. The van der Waals surface area contributed by atoms with Crippen LogP contribution in [0, 0.1) is 5.82 Å². The second kappa shape index (κ2) is 8.40. The molecular formula is C22H18ClFN4O2S2. The molecule has 0 atom stereocenters. The summed E-state index contributed by atoms with van der Waals surface area (Å²) in [7, 11) is -3.62. The molecular weight excluding hydrogens is 471 g/mol. The first-order valence-electron chi connectivity index (χ1n) is 9.92. The van der Waals surface area contributed by atoms with E-state index in [1.807, 2.05) is 5.38 Å². The summed E-state index contributed by atoms with van der Waals surface area (Å²) in [4.78, 5) is 12.0. The first-order chi connectivity index (χ1) is 15.4. The Bertz CT molecular complexity index is 1380. The first kappa shape index (κ1) is 21.3. The molecule has 0 radical (unpaired) electrons. The van der Waals surface area contributed by atoms with Crippen molar-refractivity contribution in [2.45, 2.75) is 4.90 Å². The van der Waals surface area contributed by atoms with E-state index in [1.165, 1.54) is 40.2 Å². The quantitative estimate of drug-likeness (QED) is 0.418. The van der Waals surface area contributed by atoms with Gasteiger partial charge in [-0.3, -0.25) is 0 Å². The molecule has 0 aliphatic carbocycles. The number of benzene rings is 2. The predicted molar refractivity (Wildman–Crippen MR) is 125 cm³/mol. The monoisotopic (exact) mass is 488 g/mol. The molecule has 1 aliphatic heterocycles. The molecule has 0 unspecified atom stereocenters. The van der Waals surface area contributed by atoms with Crippen LogP contribution in [0.2, 0.25) is 5.02 Å². The van der Waals surface area contributed by atoms with Gasteiger partial charge in [0, 0.05) is 42.1 Å². The zero-order valence-electron chi connectivity index (χ0n) is 16.8. The molecule has 5 rings (SSSR count). The van der Waals surface area contributed by atoms with E-state index in [1.54, 1.807) is 30.3 Å². The lowest BCUT2D eigenvalue weighted by Crippen LogP contribution is -2.49. The van der Waals surface area contributed by atoms with Crippen LogP contribution in [-0.4, -0.2) is 48.9 Å². The number of anilines is 1. The molecule has 1 fully saturated rings. The van der Waals surface area contributed by atoms with Crippen LogP contribution in [0.25, 0.3) is 21.3 Å². The molecule has 0 bridgehead atoms. The molecule has 10 heteroatoms. The molecule has 2 aromatic heterocycles. The van der Waals surface area contributed by atoms with Gasteiger partial charge in [0.05, 0.1) is 10.3 Å². The van der Waals surface area contributed by atoms with Crippen molar-refractivity contribution in [1.29, 1.82) is 0 Å². The minimum atomic E-state index is -3.62. The number of hydrogen-bond acceptors (Lipinski definition) is 6. The lowest BCUT2D eigenvalue weighted by atomic mass is 10.1. The van der Waals surface area contributed by atoms with Gasteiger partial charge in [0.1, 0.15) is 22.8 Å². The largest absolute Gasteiger partial charge is 0.353 e. The lowest BCUT2D eigenvalue weighted by molar-refractivity contribution is 0.384. The standard InChI is InChI=1S/C22H18ClFN4O2S2/c23-16-2-1-3-18(12-16)32(29,30)28-10-8-27(9-11-28)21-20-19(13-31-22(20)26-14-25-21)15-4-6-17(24)7-5-15/h1-7,12-14H,8-11H2. The summed E-state index contributed by atoms with van der Waals surface area (Å²) < 4.78 is 40.9. The molecule has 4 aromatic rings.